The van der Waals surface area contributed by atoms with Crippen molar-refractivity contribution in [1.82, 2.24) is 4.57 Å². The van der Waals surface area contributed by atoms with Gasteiger partial charge in [0.05, 0.1) is 33.9 Å². The Bertz CT molecular complexity index is 3020. The first-order chi connectivity index (χ1) is 24.2. The average molecular weight is 626 g/mol. The van der Waals surface area contributed by atoms with Crippen LogP contribution in [-0.2, 0) is 0 Å². The highest BCUT2D eigenvalue weighted by Crippen LogP contribution is 2.42. The zero-order valence-corrected chi connectivity index (χ0v) is 25.9. The van der Waals surface area contributed by atoms with Gasteiger partial charge >= 0.3 is 0 Å². The first-order valence-electron chi connectivity index (χ1n) is 16.0. The second-order valence-electron chi connectivity index (χ2n) is 12.3. The molecule has 0 radical (unpaired) electrons. The number of rotatable bonds is 3. The summed E-state index contributed by atoms with van der Waals surface area (Å²) in [5, 5.41) is 25.8. The van der Waals surface area contributed by atoms with Crippen LogP contribution in [-0.4, -0.2) is 4.57 Å². The van der Waals surface area contributed by atoms with Crippen molar-refractivity contribution >= 4 is 65.7 Å². The van der Waals surface area contributed by atoms with Crippen molar-refractivity contribution < 1.29 is 8.83 Å². The third-order valence-corrected chi connectivity index (χ3v) is 9.68. The molecule has 0 aliphatic carbocycles. The predicted molar refractivity (Wildman–Crippen MR) is 196 cm³/mol. The summed E-state index contributed by atoms with van der Waals surface area (Å²) in [4.78, 5) is 0. The molecule has 0 aliphatic heterocycles. The molecule has 0 aliphatic rings. The summed E-state index contributed by atoms with van der Waals surface area (Å²) < 4.78 is 15.0. The van der Waals surface area contributed by atoms with Crippen LogP contribution in [0.5, 0.6) is 0 Å². The van der Waals surface area contributed by atoms with Gasteiger partial charge in [-0.2, -0.15) is 10.5 Å². The lowest BCUT2D eigenvalue weighted by Crippen LogP contribution is -2.00. The Labute approximate surface area is 279 Å². The molecule has 0 bridgehead atoms. The monoisotopic (exact) mass is 625 g/mol. The van der Waals surface area contributed by atoms with Gasteiger partial charge in [0.25, 0.3) is 0 Å². The molecule has 0 spiro atoms. The lowest BCUT2D eigenvalue weighted by Gasteiger charge is -2.16. The van der Waals surface area contributed by atoms with Crippen LogP contribution in [0.1, 0.15) is 11.1 Å². The third-order valence-electron chi connectivity index (χ3n) is 9.68. The molecule has 3 aromatic heterocycles. The quantitative estimate of drug-likeness (QED) is 0.196. The Morgan fingerprint density at radius 3 is 1.59 bits per heavy atom. The minimum atomic E-state index is 0.602. The van der Waals surface area contributed by atoms with Crippen molar-refractivity contribution in [2.75, 3.05) is 0 Å². The number of nitriles is 2. The summed E-state index contributed by atoms with van der Waals surface area (Å²) in [6.45, 7) is 0. The number of nitrogens with zero attached hydrogens (tertiary/aromatic N) is 3. The molecule has 0 fully saturated rings. The summed E-state index contributed by atoms with van der Waals surface area (Å²) in [6.07, 6.45) is 0. The predicted octanol–water partition coefficient (Wildman–Crippen LogP) is 11.7. The molecule has 5 nitrogen and oxygen atoms in total. The number of aromatic nitrogens is 1. The second-order valence-corrected chi connectivity index (χ2v) is 12.3. The van der Waals surface area contributed by atoms with Gasteiger partial charge in [-0.25, -0.2) is 0 Å². The van der Waals surface area contributed by atoms with Crippen molar-refractivity contribution in [1.29, 1.82) is 10.5 Å². The van der Waals surface area contributed by atoms with E-state index in [4.69, 9.17) is 8.83 Å². The molecule has 3 heterocycles. The molecule has 0 unspecified atom stereocenters. The van der Waals surface area contributed by atoms with Gasteiger partial charge in [-0.15, -0.1) is 0 Å². The summed E-state index contributed by atoms with van der Waals surface area (Å²) in [7, 11) is 0. The highest BCUT2D eigenvalue weighted by atomic mass is 16.3. The number of hydrogen-bond donors (Lipinski definition) is 0. The van der Waals surface area contributed by atoms with Crippen LogP contribution in [0.2, 0.25) is 0 Å². The maximum absolute atomic E-state index is 10.4. The summed E-state index contributed by atoms with van der Waals surface area (Å²) in [5.74, 6) is 0. The molecule has 5 heteroatoms. The Morgan fingerprint density at radius 1 is 0.429 bits per heavy atom. The Hall–Kier alpha value is -7.08. The number of benzene rings is 7. The molecule has 0 N–H and O–H groups in total. The molecule has 0 amide bonds. The van der Waals surface area contributed by atoms with E-state index in [9.17, 15) is 10.5 Å². The SMILES string of the molecule is N#Cc1ccc(-c2ccc3oc4cc5c(cc4c3c2)oc2ccc(-c3cccc(C#N)c3-n3c4ccccc4c4ccccc43)cc25)cc1. The molecule has 226 valence electrons. The largest absolute Gasteiger partial charge is 0.456 e. The molecule has 0 atom stereocenters. The number of para-hydroxylation sites is 3. The summed E-state index contributed by atoms with van der Waals surface area (Å²) in [6, 6.07) is 51.5. The zero-order chi connectivity index (χ0) is 32.6. The van der Waals surface area contributed by atoms with E-state index >= 15 is 0 Å². The van der Waals surface area contributed by atoms with Gasteiger partial charge in [0, 0.05) is 37.9 Å². The minimum absolute atomic E-state index is 0.602. The van der Waals surface area contributed by atoms with Crippen LogP contribution >= 0.6 is 0 Å². The molecule has 10 rings (SSSR count). The van der Waals surface area contributed by atoms with Crippen molar-refractivity contribution in [3.8, 4) is 40.1 Å². The van der Waals surface area contributed by atoms with E-state index in [2.05, 4.69) is 89.5 Å². The molecular weight excluding hydrogens is 603 g/mol. The Kier molecular flexibility index (Phi) is 5.64. The highest BCUT2D eigenvalue weighted by Gasteiger charge is 2.20. The normalized spacial score (nSPS) is 11.6. The van der Waals surface area contributed by atoms with E-state index in [1.54, 1.807) is 0 Å². The fraction of sp³-hybridized carbons (Fsp3) is 0. The van der Waals surface area contributed by atoms with E-state index in [1.165, 1.54) is 0 Å². The van der Waals surface area contributed by atoms with Crippen molar-refractivity contribution in [2.24, 2.45) is 0 Å². The van der Waals surface area contributed by atoms with Gasteiger partial charge in [-0.1, -0.05) is 72.8 Å². The van der Waals surface area contributed by atoms with Crippen molar-refractivity contribution in [2.45, 2.75) is 0 Å². The topological polar surface area (TPSA) is 78.8 Å². The van der Waals surface area contributed by atoms with Crippen LogP contribution in [0.3, 0.4) is 0 Å². The smallest absolute Gasteiger partial charge is 0.136 e. The van der Waals surface area contributed by atoms with Gasteiger partial charge < -0.3 is 13.4 Å². The highest BCUT2D eigenvalue weighted by molar-refractivity contribution is 6.16. The zero-order valence-electron chi connectivity index (χ0n) is 25.9. The van der Waals surface area contributed by atoms with Crippen LogP contribution in [0.15, 0.2) is 148 Å². The van der Waals surface area contributed by atoms with E-state index in [-0.39, 0.29) is 0 Å². The summed E-state index contributed by atoms with van der Waals surface area (Å²) >= 11 is 0. The van der Waals surface area contributed by atoms with Crippen LogP contribution in [0.4, 0.5) is 0 Å². The molecule has 10 aromatic rings. The Morgan fingerprint density at radius 2 is 0.980 bits per heavy atom. The van der Waals surface area contributed by atoms with Crippen molar-refractivity contribution in [3.63, 3.8) is 0 Å². The van der Waals surface area contributed by atoms with Gasteiger partial charge in [0.2, 0.25) is 0 Å². The maximum atomic E-state index is 10.4. The fourth-order valence-corrected chi connectivity index (χ4v) is 7.40. The third kappa shape index (κ3) is 3.97. The van der Waals surface area contributed by atoms with Crippen LogP contribution in [0, 0.1) is 22.7 Å². The minimum Gasteiger partial charge on any atom is -0.456 e. The summed E-state index contributed by atoms with van der Waals surface area (Å²) in [5.41, 5.74) is 11.4. The average Bonchev–Trinajstić information content (AvgIpc) is 3.81. The maximum Gasteiger partial charge on any atom is 0.136 e. The van der Waals surface area contributed by atoms with E-state index in [1.807, 2.05) is 66.7 Å². The lowest BCUT2D eigenvalue weighted by atomic mass is 9.98. The standard InChI is InChI=1S/C44H23N3O2/c45-24-26-12-14-27(15-13-26)28-16-18-40-34(20-28)36-22-43-37(23-42(36)48-40)35-21-29(17-19-41(35)49-43)31-9-5-6-30(25-46)44(31)47-38-10-3-1-7-32(38)33-8-2-4-11-39(33)47/h1-23H. The first kappa shape index (κ1) is 27.1. The van der Waals surface area contributed by atoms with Gasteiger partial charge in [0.15, 0.2) is 0 Å². The first-order valence-corrected chi connectivity index (χ1v) is 16.0. The van der Waals surface area contributed by atoms with Gasteiger partial charge in [0.1, 0.15) is 28.4 Å². The van der Waals surface area contributed by atoms with Crippen LogP contribution < -0.4 is 0 Å². The molecule has 0 saturated heterocycles. The van der Waals surface area contributed by atoms with Gasteiger partial charge in [-0.05, 0) is 83.4 Å². The van der Waals surface area contributed by atoms with E-state index in [0.717, 1.165) is 93.6 Å². The number of hydrogen-bond acceptors (Lipinski definition) is 4. The molecule has 49 heavy (non-hydrogen) atoms. The molecular formula is C44H23N3O2. The lowest BCUT2D eigenvalue weighted by molar-refractivity contribution is 0.664. The van der Waals surface area contributed by atoms with E-state index < -0.39 is 0 Å². The fourth-order valence-electron chi connectivity index (χ4n) is 7.40. The molecule has 7 aromatic carbocycles. The van der Waals surface area contributed by atoms with Crippen LogP contribution in [0.25, 0.3) is 93.6 Å². The second kappa shape index (κ2) is 10.2. The van der Waals surface area contributed by atoms with E-state index in [0.29, 0.717) is 11.1 Å². The van der Waals surface area contributed by atoms with Crippen molar-refractivity contribution in [3.05, 3.63) is 151 Å². The molecule has 0 saturated carbocycles. The Balaban J connectivity index is 1.16. The van der Waals surface area contributed by atoms with Gasteiger partial charge in [-0.3, -0.25) is 0 Å². The number of fused-ring (bicyclic) bond motifs is 9. The number of furan rings is 2.